The third-order valence-electron chi connectivity index (χ3n) is 4.37. The molecule has 0 saturated carbocycles. The van der Waals surface area contributed by atoms with E-state index in [0.29, 0.717) is 11.8 Å². The summed E-state index contributed by atoms with van der Waals surface area (Å²) in [5.41, 5.74) is 3.00. The van der Waals surface area contributed by atoms with Crippen molar-refractivity contribution in [3.63, 3.8) is 0 Å². The second kappa shape index (κ2) is 2.79. The number of hydrogen-bond acceptors (Lipinski definition) is 1. The van der Waals surface area contributed by atoms with E-state index in [1.54, 1.807) is 7.11 Å². The van der Waals surface area contributed by atoms with Crippen LogP contribution in [0.25, 0.3) is 0 Å². The van der Waals surface area contributed by atoms with E-state index < -0.39 is 0 Å². The van der Waals surface area contributed by atoms with Gasteiger partial charge >= 0.3 is 0 Å². The molecule has 0 unspecified atom stereocenters. The van der Waals surface area contributed by atoms with Crippen LogP contribution in [0.15, 0.2) is 42.5 Å². The molecule has 0 radical (unpaired) electrons. The lowest BCUT2D eigenvalue weighted by Gasteiger charge is -2.48. The number of methoxy groups -OCH3 is 1. The van der Waals surface area contributed by atoms with Crippen molar-refractivity contribution in [2.24, 2.45) is 11.8 Å². The molecule has 0 saturated heterocycles. The molecule has 4 aliphatic carbocycles. The molecular weight excluding hydrogens is 196 g/mol. The summed E-state index contributed by atoms with van der Waals surface area (Å²) in [7, 11) is 1.74. The van der Waals surface area contributed by atoms with Crippen molar-refractivity contribution in [1.29, 1.82) is 0 Å². The van der Waals surface area contributed by atoms with Crippen LogP contribution in [0, 0.1) is 11.8 Å². The van der Waals surface area contributed by atoms with Gasteiger partial charge in [0.25, 0.3) is 0 Å². The van der Waals surface area contributed by atoms with Gasteiger partial charge in [-0.15, -0.1) is 0 Å². The van der Waals surface area contributed by atoms with Crippen molar-refractivity contribution in [1.82, 2.24) is 0 Å². The zero-order valence-electron chi connectivity index (χ0n) is 9.26. The molecule has 1 aromatic rings. The van der Waals surface area contributed by atoms with E-state index in [4.69, 9.17) is 4.74 Å². The van der Waals surface area contributed by atoms with Gasteiger partial charge in [0.2, 0.25) is 0 Å². The summed E-state index contributed by atoms with van der Waals surface area (Å²) in [4.78, 5) is 0. The van der Waals surface area contributed by atoms with E-state index in [9.17, 15) is 0 Å². The van der Waals surface area contributed by atoms with Crippen molar-refractivity contribution in [3.8, 4) is 5.75 Å². The Bertz CT molecular complexity index is 512. The van der Waals surface area contributed by atoms with Crippen molar-refractivity contribution in [2.45, 2.75) is 11.8 Å². The van der Waals surface area contributed by atoms with E-state index in [1.165, 1.54) is 11.1 Å². The highest BCUT2D eigenvalue weighted by Gasteiger charge is 2.45. The molecule has 4 aliphatic rings. The molecule has 0 aromatic heterocycles. The average molecular weight is 210 g/mol. The Kier molecular flexibility index (Phi) is 1.50. The van der Waals surface area contributed by atoms with E-state index in [1.807, 2.05) is 0 Å². The van der Waals surface area contributed by atoms with Crippen LogP contribution in [0.5, 0.6) is 5.75 Å². The summed E-state index contributed by atoms with van der Waals surface area (Å²) in [6.45, 7) is 0. The predicted octanol–water partition coefficient (Wildman–Crippen LogP) is 3.25. The summed E-state index contributed by atoms with van der Waals surface area (Å²) in [6.07, 6.45) is 9.52. The molecule has 0 spiro atoms. The van der Waals surface area contributed by atoms with Gasteiger partial charge in [0.1, 0.15) is 5.75 Å². The number of hydrogen-bond donors (Lipinski definition) is 0. The molecule has 0 N–H and O–H groups in total. The highest BCUT2D eigenvalue weighted by atomic mass is 16.5. The highest BCUT2D eigenvalue weighted by Crippen LogP contribution is 2.56. The molecule has 1 nitrogen and oxygen atoms in total. The molecule has 5 rings (SSSR count). The van der Waals surface area contributed by atoms with Crippen molar-refractivity contribution in [3.05, 3.63) is 53.6 Å². The van der Waals surface area contributed by atoms with Crippen molar-refractivity contribution >= 4 is 0 Å². The average Bonchev–Trinajstić information content (AvgIpc) is 2.29. The molecule has 80 valence electrons. The quantitative estimate of drug-likeness (QED) is 0.646. The molecule has 4 atom stereocenters. The maximum absolute atomic E-state index is 5.33. The zero-order chi connectivity index (χ0) is 10.7. The standard InChI is InChI=1S/C15H14O/c1-16-9-2-3-13-11-6-7-14(15(13)8-9)12-5-4-10(11)12/h2-8,10-12,14H,1H3/t10-,11-,12+,14-/m0/s1. The Hall–Kier alpha value is -1.50. The summed E-state index contributed by atoms with van der Waals surface area (Å²) in [6, 6.07) is 6.56. The number of allylic oxidation sites excluding steroid dienone is 4. The lowest BCUT2D eigenvalue weighted by molar-refractivity contribution is 0.315. The van der Waals surface area contributed by atoms with Crippen LogP contribution in [-0.2, 0) is 0 Å². The minimum atomic E-state index is 0.588. The third-order valence-corrected chi connectivity index (χ3v) is 4.37. The van der Waals surface area contributed by atoms with Crippen LogP contribution in [-0.4, -0.2) is 7.11 Å². The van der Waals surface area contributed by atoms with E-state index in [-0.39, 0.29) is 0 Å². The second-order valence-corrected chi connectivity index (χ2v) is 4.97. The van der Waals surface area contributed by atoms with Crippen LogP contribution >= 0.6 is 0 Å². The lowest BCUT2D eigenvalue weighted by Crippen LogP contribution is -2.37. The summed E-state index contributed by atoms with van der Waals surface area (Å²) in [5.74, 6) is 3.69. The fraction of sp³-hybridized carbons (Fsp3) is 0.333. The van der Waals surface area contributed by atoms with Gasteiger partial charge in [0, 0.05) is 11.8 Å². The van der Waals surface area contributed by atoms with Crippen molar-refractivity contribution < 1.29 is 4.74 Å². The van der Waals surface area contributed by atoms with Gasteiger partial charge < -0.3 is 4.74 Å². The molecule has 0 fully saturated rings. The van der Waals surface area contributed by atoms with Gasteiger partial charge in [-0.2, -0.15) is 0 Å². The van der Waals surface area contributed by atoms with Crippen LogP contribution in [0.2, 0.25) is 0 Å². The van der Waals surface area contributed by atoms with E-state index in [2.05, 4.69) is 42.5 Å². The van der Waals surface area contributed by atoms with E-state index in [0.717, 1.165) is 17.6 Å². The first-order valence-corrected chi connectivity index (χ1v) is 5.93. The Morgan fingerprint density at radius 2 is 1.56 bits per heavy atom. The monoisotopic (exact) mass is 210 g/mol. The molecule has 0 amide bonds. The molecule has 16 heavy (non-hydrogen) atoms. The van der Waals surface area contributed by atoms with Gasteiger partial charge in [-0.3, -0.25) is 0 Å². The zero-order valence-corrected chi connectivity index (χ0v) is 9.26. The van der Waals surface area contributed by atoms with Gasteiger partial charge in [0.15, 0.2) is 0 Å². The first-order valence-electron chi connectivity index (χ1n) is 5.93. The Balaban J connectivity index is 1.91. The third kappa shape index (κ3) is 0.874. The molecular formula is C15H14O. The number of ether oxygens (including phenoxy) is 1. The summed E-state index contributed by atoms with van der Waals surface area (Å²) >= 11 is 0. The molecule has 2 bridgehead atoms. The second-order valence-electron chi connectivity index (χ2n) is 4.97. The normalized spacial score (nSPS) is 36.6. The molecule has 0 aliphatic heterocycles. The molecule has 0 heterocycles. The topological polar surface area (TPSA) is 9.23 Å². The van der Waals surface area contributed by atoms with Crippen molar-refractivity contribution in [2.75, 3.05) is 7.11 Å². The Morgan fingerprint density at radius 1 is 0.875 bits per heavy atom. The number of rotatable bonds is 1. The molecule has 1 aromatic carbocycles. The van der Waals surface area contributed by atoms with Crippen LogP contribution in [0.3, 0.4) is 0 Å². The predicted molar refractivity (Wildman–Crippen MR) is 63.7 cm³/mol. The van der Waals surface area contributed by atoms with Crippen LogP contribution in [0.1, 0.15) is 23.0 Å². The van der Waals surface area contributed by atoms with Gasteiger partial charge in [-0.1, -0.05) is 30.4 Å². The Morgan fingerprint density at radius 3 is 2.19 bits per heavy atom. The fourth-order valence-corrected chi connectivity index (χ4v) is 3.48. The van der Waals surface area contributed by atoms with Crippen LogP contribution in [0.4, 0.5) is 0 Å². The largest absolute Gasteiger partial charge is 0.497 e. The Labute approximate surface area is 95.4 Å². The first kappa shape index (κ1) is 8.63. The maximum Gasteiger partial charge on any atom is 0.119 e. The SMILES string of the molecule is COc1ccc2c(c1)[C@H]1C=C[C@H]2[C@@H]2C=C[C@H]21. The smallest absolute Gasteiger partial charge is 0.119 e. The maximum atomic E-state index is 5.33. The summed E-state index contributed by atoms with van der Waals surface area (Å²) < 4.78 is 5.33. The van der Waals surface area contributed by atoms with Gasteiger partial charge in [-0.05, 0) is 35.1 Å². The fourth-order valence-electron chi connectivity index (χ4n) is 3.48. The lowest BCUT2D eigenvalue weighted by atomic mass is 9.55. The van der Waals surface area contributed by atoms with Crippen LogP contribution < -0.4 is 4.74 Å². The minimum absolute atomic E-state index is 0.588. The summed E-state index contributed by atoms with van der Waals surface area (Å²) in [5, 5.41) is 0. The molecule has 1 heteroatoms. The first-order chi connectivity index (χ1) is 7.88. The highest BCUT2D eigenvalue weighted by molar-refractivity contribution is 5.52. The van der Waals surface area contributed by atoms with Gasteiger partial charge in [-0.25, -0.2) is 0 Å². The van der Waals surface area contributed by atoms with Gasteiger partial charge in [0.05, 0.1) is 7.11 Å². The number of benzene rings is 1. The minimum Gasteiger partial charge on any atom is -0.497 e. The van der Waals surface area contributed by atoms with E-state index >= 15 is 0 Å².